The van der Waals surface area contributed by atoms with Crippen molar-refractivity contribution in [3.05, 3.63) is 81.3 Å². The van der Waals surface area contributed by atoms with Crippen LogP contribution in [0.15, 0.2) is 59.0 Å². The van der Waals surface area contributed by atoms with Crippen molar-refractivity contribution < 1.29 is 9.34 Å². The molecule has 0 aliphatic carbocycles. The molecule has 0 bridgehead atoms. The minimum absolute atomic E-state index is 0.0981. The number of hydrogen-bond acceptors (Lipinski definition) is 5. The van der Waals surface area contributed by atoms with Gasteiger partial charge in [-0.25, -0.2) is 4.98 Å². The van der Waals surface area contributed by atoms with Crippen LogP contribution in [0.1, 0.15) is 11.6 Å². The Bertz CT molecular complexity index is 1330. The van der Waals surface area contributed by atoms with Crippen LogP contribution in [0.3, 0.4) is 0 Å². The standard InChI is InChI=1S/C21H13ClN4O3/c1-25-19-5-3-2-4-18(19)24-21(25)13(12-23)10-15-7-9-20(29-15)16-8-6-14(26(27)28)11-17(16)22/h2-11H,1H3/b13-10+. The van der Waals surface area contributed by atoms with E-state index in [1.54, 1.807) is 18.2 Å². The van der Waals surface area contributed by atoms with Gasteiger partial charge in [-0.3, -0.25) is 10.1 Å². The van der Waals surface area contributed by atoms with Crippen LogP contribution in [0.5, 0.6) is 0 Å². The summed E-state index contributed by atoms with van der Waals surface area (Å²) in [5, 5.41) is 20.7. The number of hydrogen-bond donors (Lipinski definition) is 0. The highest BCUT2D eigenvalue weighted by Gasteiger charge is 2.15. The van der Waals surface area contributed by atoms with Crippen molar-refractivity contribution in [3.63, 3.8) is 0 Å². The molecule has 0 saturated heterocycles. The van der Waals surface area contributed by atoms with Crippen LogP contribution in [0.2, 0.25) is 5.02 Å². The van der Waals surface area contributed by atoms with Gasteiger partial charge in [-0.2, -0.15) is 5.26 Å². The first-order valence-corrected chi connectivity index (χ1v) is 8.93. The Labute approximate surface area is 170 Å². The first-order valence-electron chi connectivity index (χ1n) is 8.55. The SMILES string of the molecule is Cn1c(/C(C#N)=C/c2ccc(-c3ccc([N+](=O)[O-])cc3Cl)o2)nc2ccccc21. The molecule has 2 heterocycles. The van der Waals surface area contributed by atoms with Crippen LogP contribution in [-0.4, -0.2) is 14.5 Å². The van der Waals surface area contributed by atoms with Gasteiger partial charge in [0.2, 0.25) is 0 Å². The first-order chi connectivity index (χ1) is 14.0. The number of aryl methyl sites for hydroxylation is 1. The maximum Gasteiger partial charge on any atom is 0.270 e. The number of nitrogens with zero attached hydrogens (tertiary/aromatic N) is 4. The zero-order valence-corrected chi connectivity index (χ0v) is 15.9. The van der Waals surface area contributed by atoms with Crippen LogP contribution in [-0.2, 0) is 7.05 Å². The van der Waals surface area contributed by atoms with Crippen molar-refractivity contribution in [1.29, 1.82) is 5.26 Å². The topological polar surface area (TPSA) is 97.9 Å². The lowest BCUT2D eigenvalue weighted by atomic mass is 10.1. The van der Waals surface area contributed by atoms with E-state index in [0.717, 1.165) is 11.0 Å². The van der Waals surface area contributed by atoms with Gasteiger partial charge < -0.3 is 8.98 Å². The number of benzene rings is 2. The summed E-state index contributed by atoms with van der Waals surface area (Å²) < 4.78 is 7.65. The van der Waals surface area contributed by atoms with Gasteiger partial charge >= 0.3 is 0 Å². The lowest BCUT2D eigenvalue weighted by Crippen LogP contribution is -1.95. The van der Waals surface area contributed by atoms with Crippen LogP contribution >= 0.6 is 11.6 Å². The molecule has 0 saturated carbocycles. The lowest BCUT2D eigenvalue weighted by molar-refractivity contribution is -0.384. The molecule has 0 aliphatic heterocycles. The van der Waals surface area contributed by atoms with Gasteiger partial charge in [0, 0.05) is 30.8 Å². The molecule has 0 amide bonds. The molecule has 0 unspecified atom stereocenters. The number of rotatable bonds is 4. The van der Waals surface area contributed by atoms with E-state index in [1.807, 2.05) is 35.9 Å². The fourth-order valence-corrected chi connectivity index (χ4v) is 3.34. The molecule has 0 aliphatic rings. The number of non-ortho nitro benzene ring substituents is 1. The van der Waals surface area contributed by atoms with E-state index >= 15 is 0 Å². The summed E-state index contributed by atoms with van der Waals surface area (Å²) >= 11 is 6.17. The molecule has 0 spiro atoms. The zero-order chi connectivity index (χ0) is 20.5. The molecule has 0 atom stereocenters. The van der Waals surface area contributed by atoms with E-state index in [2.05, 4.69) is 11.1 Å². The van der Waals surface area contributed by atoms with E-state index in [0.29, 0.717) is 28.5 Å². The number of allylic oxidation sites excluding steroid dienone is 1. The maximum absolute atomic E-state index is 10.9. The van der Waals surface area contributed by atoms with Crippen molar-refractivity contribution in [2.75, 3.05) is 0 Å². The minimum Gasteiger partial charge on any atom is -0.457 e. The molecule has 4 aromatic rings. The number of nitro benzene ring substituents is 1. The third kappa shape index (κ3) is 3.37. The smallest absolute Gasteiger partial charge is 0.270 e. The second-order valence-electron chi connectivity index (χ2n) is 6.28. The number of nitriles is 1. The minimum atomic E-state index is -0.512. The van der Waals surface area contributed by atoms with Gasteiger partial charge in [0.05, 0.1) is 26.6 Å². The van der Waals surface area contributed by atoms with E-state index in [1.165, 1.54) is 18.2 Å². The first kappa shape index (κ1) is 18.5. The molecule has 4 rings (SSSR count). The van der Waals surface area contributed by atoms with Crippen LogP contribution in [0, 0.1) is 21.4 Å². The Morgan fingerprint density at radius 2 is 2.07 bits per heavy atom. The number of fused-ring (bicyclic) bond motifs is 1. The predicted molar refractivity (Wildman–Crippen MR) is 110 cm³/mol. The number of nitro groups is 1. The highest BCUT2D eigenvalue weighted by atomic mass is 35.5. The summed E-state index contributed by atoms with van der Waals surface area (Å²) in [7, 11) is 1.85. The number of para-hydroxylation sites is 2. The van der Waals surface area contributed by atoms with Gasteiger partial charge in [0.15, 0.2) is 5.82 Å². The molecule has 7 nitrogen and oxygen atoms in total. The third-order valence-electron chi connectivity index (χ3n) is 4.49. The summed E-state index contributed by atoms with van der Waals surface area (Å²) in [6.07, 6.45) is 1.60. The Morgan fingerprint density at radius 3 is 2.76 bits per heavy atom. The molecule has 8 heteroatoms. The third-order valence-corrected chi connectivity index (χ3v) is 4.80. The number of furan rings is 1. The molecule has 2 aromatic carbocycles. The summed E-state index contributed by atoms with van der Waals surface area (Å²) in [5.74, 6) is 1.41. The molecule has 142 valence electrons. The van der Waals surface area contributed by atoms with E-state index in [-0.39, 0.29) is 10.7 Å². The summed E-state index contributed by atoms with van der Waals surface area (Å²) in [6, 6.07) is 17.3. The molecule has 29 heavy (non-hydrogen) atoms. The van der Waals surface area contributed by atoms with Gasteiger partial charge in [-0.15, -0.1) is 0 Å². The Morgan fingerprint density at radius 1 is 1.28 bits per heavy atom. The highest BCUT2D eigenvalue weighted by Crippen LogP contribution is 2.33. The Balaban J connectivity index is 1.72. The maximum atomic E-state index is 10.9. The molecular weight excluding hydrogens is 392 g/mol. The summed E-state index contributed by atoms with van der Waals surface area (Å²) in [4.78, 5) is 14.9. The quantitative estimate of drug-likeness (QED) is 0.255. The normalized spacial score (nSPS) is 11.6. The van der Waals surface area contributed by atoms with E-state index in [9.17, 15) is 15.4 Å². The fraction of sp³-hybridized carbons (Fsp3) is 0.0476. The molecule has 2 aromatic heterocycles. The van der Waals surface area contributed by atoms with Gasteiger partial charge in [0.1, 0.15) is 17.6 Å². The highest BCUT2D eigenvalue weighted by molar-refractivity contribution is 6.33. The lowest BCUT2D eigenvalue weighted by Gasteiger charge is -2.01. The van der Waals surface area contributed by atoms with E-state index in [4.69, 9.17) is 16.0 Å². The second kappa shape index (κ2) is 7.26. The van der Waals surface area contributed by atoms with Crippen LogP contribution < -0.4 is 0 Å². The van der Waals surface area contributed by atoms with Gasteiger partial charge in [0.25, 0.3) is 5.69 Å². The van der Waals surface area contributed by atoms with Crippen molar-refractivity contribution in [2.45, 2.75) is 0 Å². The summed E-state index contributed by atoms with van der Waals surface area (Å²) in [5.41, 5.74) is 2.49. The largest absolute Gasteiger partial charge is 0.457 e. The monoisotopic (exact) mass is 404 g/mol. The van der Waals surface area contributed by atoms with E-state index < -0.39 is 4.92 Å². The average molecular weight is 405 g/mol. The second-order valence-corrected chi connectivity index (χ2v) is 6.68. The van der Waals surface area contributed by atoms with Crippen molar-refractivity contribution in [3.8, 4) is 17.4 Å². The van der Waals surface area contributed by atoms with Crippen molar-refractivity contribution >= 4 is 40.0 Å². The van der Waals surface area contributed by atoms with Crippen LogP contribution in [0.25, 0.3) is 34.0 Å². The average Bonchev–Trinajstić information content (AvgIpc) is 3.31. The number of imidazole rings is 1. The van der Waals surface area contributed by atoms with Gasteiger partial charge in [-0.05, 0) is 30.3 Å². The predicted octanol–water partition coefficient (Wildman–Crippen LogP) is 5.46. The Hall–Kier alpha value is -3.89. The number of aromatic nitrogens is 2. The van der Waals surface area contributed by atoms with Gasteiger partial charge in [-0.1, -0.05) is 23.7 Å². The van der Waals surface area contributed by atoms with Crippen molar-refractivity contribution in [1.82, 2.24) is 9.55 Å². The molecule has 0 fully saturated rings. The molecule has 0 N–H and O–H groups in total. The molecular formula is C21H13ClN4O3. The fourth-order valence-electron chi connectivity index (χ4n) is 3.07. The molecule has 0 radical (unpaired) electrons. The zero-order valence-electron chi connectivity index (χ0n) is 15.2. The van der Waals surface area contributed by atoms with Crippen molar-refractivity contribution in [2.24, 2.45) is 7.05 Å². The summed E-state index contributed by atoms with van der Waals surface area (Å²) in [6.45, 7) is 0. The number of halogens is 1. The van der Waals surface area contributed by atoms with Crippen LogP contribution in [0.4, 0.5) is 5.69 Å². The Kier molecular flexibility index (Phi) is 4.63.